The van der Waals surface area contributed by atoms with Gasteiger partial charge in [-0.15, -0.1) is 0 Å². The molecule has 5 heteroatoms. The Morgan fingerprint density at radius 2 is 1.90 bits per heavy atom. The molecule has 0 bridgehead atoms. The average molecular weight is 287 g/mol. The minimum absolute atomic E-state index is 0.0247. The van der Waals surface area contributed by atoms with Crippen molar-refractivity contribution in [2.45, 2.75) is 40.3 Å². The lowest BCUT2D eigenvalue weighted by atomic mass is 9.81. The fourth-order valence-corrected chi connectivity index (χ4v) is 2.73. The molecule has 0 spiro atoms. The number of halogens is 3. The number of rotatable bonds is 2. The summed E-state index contributed by atoms with van der Waals surface area (Å²) >= 11 is 0. The van der Waals surface area contributed by atoms with Crippen molar-refractivity contribution in [1.29, 1.82) is 0 Å². The molecule has 0 heterocycles. The van der Waals surface area contributed by atoms with Crippen molar-refractivity contribution in [2.24, 2.45) is 23.2 Å². The Hall–Kier alpha value is -1.26. The van der Waals surface area contributed by atoms with Gasteiger partial charge in [-0.2, -0.15) is 13.2 Å². The molecule has 3 atom stereocenters. The van der Waals surface area contributed by atoms with E-state index in [9.17, 15) is 18.0 Å². The highest BCUT2D eigenvalue weighted by Crippen LogP contribution is 2.52. The zero-order valence-corrected chi connectivity index (χ0v) is 12.1. The Bertz CT molecular complexity index is 488. The molecule has 1 N–H and O–H groups in total. The first-order valence-corrected chi connectivity index (χ1v) is 6.80. The molecular formula is C15H20F3NO. The summed E-state index contributed by atoms with van der Waals surface area (Å²) in [5.41, 5.74) is 0.560. The Labute approximate surface area is 117 Å². The van der Waals surface area contributed by atoms with Crippen LogP contribution in [0.4, 0.5) is 13.2 Å². The van der Waals surface area contributed by atoms with E-state index in [4.69, 9.17) is 0 Å². The molecule has 0 radical (unpaired) electrons. The van der Waals surface area contributed by atoms with Gasteiger partial charge in [-0.1, -0.05) is 32.4 Å². The van der Waals surface area contributed by atoms with E-state index in [1.807, 2.05) is 13.8 Å². The molecule has 1 amide bonds. The Kier molecular flexibility index (Phi) is 3.51. The van der Waals surface area contributed by atoms with Crippen LogP contribution >= 0.6 is 0 Å². The number of amides is 1. The van der Waals surface area contributed by atoms with Crippen molar-refractivity contribution in [2.75, 3.05) is 0 Å². The summed E-state index contributed by atoms with van der Waals surface area (Å²) in [6.07, 6.45) is -0.582. The van der Waals surface area contributed by atoms with Gasteiger partial charge in [0.15, 0.2) is 0 Å². The standard InChI is InChI=1S/C15H20F3NO/c1-8-5-6-11(12(9(8)2)15(16,17)18)19-13(20)10-7-14(10,3)4/h5-6,9-10,12H,7H2,1-4H3,(H,19,20)/t9?,10-,12?/m1/s1. The maximum Gasteiger partial charge on any atom is 0.397 e. The molecule has 0 aromatic rings. The number of carbonyl (C=O) groups is 1. The Morgan fingerprint density at radius 1 is 1.35 bits per heavy atom. The lowest BCUT2D eigenvalue weighted by molar-refractivity contribution is -0.174. The van der Waals surface area contributed by atoms with Crippen molar-refractivity contribution >= 4 is 5.91 Å². The van der Waals surface area contributed by atoms with Crippen LogP contribution in [0, 0.1) is 23.2 Å². The largest absolute Gasteiger partial charge is 0.397 e. The van der Waals surface area contributed by atoms with Gasteiger partial charge < -0.3 is 5.32 Å². The summed E-state index contributed by atoms with van der Waals surface area (Å²) in [5.74, 6) is -2.75. The van der Waals surface area contributed by atoms with E-state index >= 15 is 0 Å². The van der Waals surface area contributed by atoms with Crippen LogP contribution in [0.15, 0.2) is 23.4 Å². The lowest BCUT2D eigenvalue weighted by Gasteiger charge is -2.32. The van der Waals surface area contributed by atoms with Crippen LogP contribution in [-0.4, -0.2) is 12.1 Å². The van der Waals surface area contributed by atoms with E-state index in [2.05, 4.69) is 5.32 Å². The molecule has 1 fully saturated rings. The molecule has 2 aliphatic carbocycles. The normalized spacial score (nSPS) is 32.2. The van der Waals surface area contributed by atoms with E-state index in [0.29, 0.717) is 5.57 Å². The van der Waals surface area contributed by atoms with Crippen molar-refractivity contribution in [3.8, 4) is 0 Å². The number of hydrogen-bond acceptors (Lipinski definition) is 1. The fraction of sp³-hybridized carbons (Fsp3) is 0.667. The quantitative estimate of drug-likeness (QED) is 0.822. The molecule has 2 aliphatic rings. The predicted octanol–water partition coefficient (Wildman–Crippen LogP) is 3.81. The van der Waals surface area contributed by atoms with E-state index < -0.39 is 18.0 Å². The lowest BCUT2D eigenvalue weighted by Crippen LogP contribution is -2.40. The summed E-state index contributed by atoms with van der Waals surface area (Å²) in [7, 11) is 0. The molecule has 0 saturated heterocycles. The predicted molar refractivity (Wildman–Crippen MR) is 70.6 cm³/mol. The van der Waals surface area contributed by atoms with Gasteiger partial charge in [0.05, 0.1) is 0 Å². The summed E-state index contributed by atoms with van der Waals surface area (Å²) in [4.78, 5) is 12.0. The first kappa shape index (κ1) is 15.1. The van der Waals surface area contributed by atoms with E-state index in [1.165, 1.54) is 6.08 Å². The van der Waals surface area contributed by atoms with Crippen LogP contribution in [-0.2, 0) is 4.79 Å². The molecule has 0 aliphatic heterocycles. The molecule has 1 saturated carbocycles. The smallest absolute Gasteiger partial charge is 0.329 e. The maximum atomic E-state index is 13.2. The van der Waals surface area contributed by atoms with Crippen LogP contribution < -0.4 is 5.32 Å². The van der Waals surface area contributed by atoms with Crippen molar-refractivity contribution in [3.05, 3.63) is 23.4 Å². The zero-order valence-electron chi connectivity index (χ0n) is 12.1. The molecule has 0 aromatic carbocycles. The number of carbonyl (C=O) groups excluding carboxylic acids is 1. The molecule has 2 nitrogen and oxygen atoms in total. The maximum absolute atomic E-state index is 13.2. The third kappa shape index (κ3) is 2.76. The van der Waals surface area contributed by atoms with Crippen molar-refractivity contribution < 1.29 is 18.0 Å². The summed E-state index contributed by atoms with van der Waals surface area (Å²) in [5, 5.41) is 2.50. The zero-order chi connectivity index (χ0) is 15.3. The molecular weight excluding hydrogens is 267 g/mol. The minimum Gasteiger partial charge on any atom is -0.329 e. The average Bonchev–Trinajstić information content (AvgIpc) is 2.91. The van der Waals surface area contributed by atoms with Crippen molar-refractivity contribution in [3.63, 3.8) is 0 Å². The Morgan fingerprint density at radius 3 is 2.35 bits per heavy atom. The molecule has 2 rings (SSSR count). The van der Waals surface area contributed by atoms with Gasteiger partial charge in [-0.05, 0) is 30.8 Å². The summed E-state index contributed by atoms with van der Waals surface area (Å²) < 4.78 is 39.6. The second-order valence-corrected chi connectivity index (χ2v) is 6.58. The number of hydrogen-bond donors (Lipinski definition) is 1. The second kappa shape index (κ2) is 4.64. The van der Waals surface area contributed by atoms with Gasteiger partial charge >= 0.3 is 6.18 Å². The van der Waals surface area contributed by atoms with E-state index in [0.717, 1.165) is 6.42 Å². The number of allylic oxidation sites excluding steroid dienone is 4. The first-order chi connectivity index (χ1) is 9.04. The minimum atomic E-state index is -4.35. The van der Waals surface area contributed by atoms with E-state index in [1.54, 1.807) is 19.9 Å². The highest BCUT2D eigenvalue weighted by atomic mass is 19.4. The third-order valence-electron chi connectivity index (χ3n) is 4.53. The molecule has 112 valence electrons. The van der Waals surface area contributed by atoms with Gasteiger partial charge in [-0.3, -0.25) is 4.79 Å². The monoisotopic (exact) mass is 287 g/mol. The van der Waals surface area contributed by atoms with Gasteiger partial charge in [0.2, 0.25) is 5.91 Å². The molecule has 2 unspecified atom stereocenters. The van der Waals surface area contributed by atoms with Crippen molar-refractivity contribution in [1.82, 2.24) is 5.32 Å². The number of nitrogens with one attached hydrogen (secondary N) is 1. The highest BCUT2D eigenvalue weighted by molar-refractivity contribution is 5.84. The summed E-state index contributed by atoms with van der Waals surface area (Å²) in [6, 6.07) is 0. The van der Waals surface area contributed by atoms with Crippen LogP contribution in [0.2, 0.25) is 0 Å². The van der Waals surface area contributed by atoms with E-state index in [-0.39, 0.29) is 22.9 Å². The topological polar surface area (TPSA) is 29.1 Å². The highest BCUT2D eigenvalue weighted by Gasteiger charge is 2.52. The fourth-order valence-electron chi connectivity index (χ4n) is 2.73. The first-order valence-electron chi connectivity index (χ1n) is 6.80. The molecule has 0 aromatic heterocycles. The Balaban J connectivity index is 2.18. The van der Waals surface area contributed by atoms with Gasteiger partial charge in [0.1, 0.15) is 5.92 Å². The van der Waals surface area contributed by atoms with Crippen LogP contribution in [0.1, 0.15) is 34.1 Å². The van der Waals surface area contributed by atoms with Crippen LogP contribution in [0.25, 0.3) is 0 Å². The third-order valence-corrected chi connectivity index (χ3v) is 4.53. The molecule has 20 heavy (non-hydrogen) atoms. The number of alkyl halides is 3. The van der Waals surface area contributed by atoms with Crippen LogP contribution in [0.3, 0.4) is 0 Å². The second-order valence-electron chi connectivity index (χ2n) is 6.58. The van der Waals surface area contributed by atoms with Crippen LogP contribution in [0.5, 0.6) is 0 Å². The summed E-state index contributed by atoms with van der Waals surface area (Å²) in [6.45, 7) is 7.12. The van der Waals surface area contributed by atoms with Gasteiger partial charge in [0.25, 0.3) is 0 Å². The van der Waals surface area contributed by atoms with Gasteiger partial charge in [0, 0.05) is 11.6 Å². The SMILES string of the molecule is CC1=CC=C(NC(=O)[C@H]2CC2(C)C)C(C(F)(F)F)C1C. The van der Waals surface area contributed by atoms with Gasteiger partial charge in [-0.25, -0.2) is 0 Å².